The summed E-state index contributed by atoms with van der Waals surface area (Å²) in [6, 6.07) is -0.191. The molecule has 3 fully saturated rings. The van der Waals surface area contributed by atoms with Crippen LogP contribution < -0.4 is 5.32 Å². The Hall–Kier alpha value is -0.810. The minimum absolute atomic E-state index is 0. The number of likely N-dealkylation sites (tertiary alicyclic amines) is 2. The van der Waals surface area contributed by atoms with Gasteiger partial charge < -0.3 is 15.1 Å². The summed E-state index contributed by atoms with van der Waals surface area (Å²) in [5.41, 5.74) is 0. The van der Waals surface area contributed by atoms with Crippen LogP contribution in [-0.4, -0.2) is 60.4 Å². The van der Waals surface area contributed by atoms with Gasteiger partial charge in [-0.15, -0.1) is 12.4 Å². The monoisotopic (exact) mass is 315 g/mol. The van der Waals surface area contributed by atoms with E-state index in [0.29, 0.717) is 0 Å². The smallest absolute Gasteiger partial charge is 0.245 e. The van der Waals surface area contributed by atoms with Gasteiger partial charge in [-0.25, -0.2) is 0 Å². The summed E-state index contributed by atoms with van der Waals surface area (Å²) in [6.07, 6.45) is 4.01. The van der Waals surface area contributed by atoms with Crippen molar-refractivity contribution in [3.63, 3.8) is 0 Å². The van der Waals surface area contributed by atoms with Crippen LogP contribution in [0.2, 0.25) is 0 Å². The first-order valence-corrected chi connectivity index (χ1v) is 7.93. The summed E-state index contributed by atoms with van der Waals surface area (Å²) in [7, 11) is 0. The Balaban J connectivity index is 0.00000161. The summed E-state index contributed by atoms with van der Waals surface area (Å²) >= 11 is 0. The lowest BCUT2D eigenvalue weighted by Gasteiger charge is -2.29. The van der Waals surface area contributed by atoms with E-state index < -0.39 is 0 Å². The van der Waals surface area contributed by atoms with Crippen LogP contribution in [0.4, 0.5) is 0 Å². The van der Waals surface area contributed by atoms with Crippen molar-refractivity contribution in [1.29, 1.82) is 0 Å². The minimum Gasteiger partial charge on any atom is -0.341 e. The van der Waals surface area contributed by atoms with E-state index in [2.05, 4.69) is 5.32 Å². The Morgan fingerprint density at radius 1 is 1.00 bits per heavy atom. The van der Waals surface area contributed by atoms with Crippen molar-refractivity contribution in [2.75, 3.05) is 32.7 Å². The third kappa shape index (κ3) is 3.34. The standard InChI is InChI=1S/C15H25N3O2.ClH/c1-11(19)18-6-2-3-14(18)15(20)17-7-4-12-9-16-10-13(12)5-8-17;/h12-14,16H,2-10H2,1H3;1H/t12-,13+,14?;. The molecule has 0 aromatic rings. The van der Waals surface area contributed by atoms with Gasteiger partial charge in [-0.05, 0) is 50.6 Å². The number of halogens is 1. The van der Waals surface area contributed by atoms with Crippen molar-refractivity contribution in [3.8, 4) is 0 Å². The van der Waals surface area contributed by atoms with E-state index in [4.69, 9.17) is 0 Å². The van der Waals surface area contributed by atoms with Gasteiger partial charge >= 0.3 is 0 Å². The van der Waals surface area contributed by atoms with Gasteiger partial charge in [0.1, 0.15) is 6.04 Å². The molecule has 0 radical (unpaired) electrons. The van der Waals surface area contributed by atoms with Crippen LogP contribution >= 0.6 is 12.4 Å². The Kier molecular flexibility index (Phi) is 5.49. The molecule has 1 unspecified atom stereocenters. The lowest BCUT2D eigenvalue weighted by molar-refractivity contribution is -0.142. The molecule has 5 nitrogen and oxygen atoms in total. The third-order valence-corrected chi connectivity index (χ3v) is 5.27. The molecule has 0 bridgehead atoms. The van der Waals surface area contributed by atoms with Crippen molar-refractivity contribution < 1.29 is 9.59 Å². The van der Waals surface area contributed by atoms with Gasteiger partial charge in [-0.2, -0.15) is 0 Å². The lowest BCUT2D eigenvalue weighted by Crippen LogP contribution is -2.47. The number of amides is 2. The predicted molar refractivity (Wildman–Crippen MR) is 83.3 cm³/mol. The summed E-state index contributed by atoms with van der Waals surface area (Å²) < 4.78 is 0. The molecule has 3 aliphatic heterocycles. The molecule has 3 saturated heterocycles. The fraction of sp³-hybridized carbons (Fsp3) is 0.867. The van der Waals surface area contributed by atoms with Crippen molar-refractivity contribution in [1.82, 2.24) is 15.1 Å². The maximum Gasteiger partial charge on any atom is 0.245 e. The van der Waals surface area contributed by atoms with E-state index in [0.717, 1.165) is 70.2 Å². The fourth-order valence-electron chi connectivity index (χ4n) is 4.05. The first kappa shape index (κ1) is 16.6. The average Bonchev–Trinajstić information content (AvgIpc) is 3.04. The van der Waals surface area contributed by atoms with Crippen LogP contribution in [0.25, 0.3) is 0 Å². The Labute approximate surface area is 132 Å². The zero-order valence-electron chi connectivity index (χ0n) is 12.7. The largest absolute Gasteiger partial charge is 0.341 e. The molecule has 3 rings (SSSR count). The van der Waals surface area contributed by atoms with Gasteiger partial charge in [-0.3, -0.25) is 9.59 Å². The number of nitrogens with zero attached hydrogens (tertiary/aromatic N) is 2. The molecule has 0 aliphatic carbocycles. The topological polar surface area (TPSA) is 52.7 Å². The lowest BCUT2D eigenvalue weighted by atomic mass is 9.92. The maximum absolute atomic E-state index is 12.7. The number of carbonyl (C=O) groups is 2. The Morgan fingerprint density at radius 2 is 1.62 bits per heavy atom. The first-order chi connectivity index (χ1) is 9.66. The molecule has 120 valence electrons. The second kappa shape index (κ2) is 6.97. The molecule has 0 aromatic heterocycles. The van der Waals surface area contributed by atoms with Gasteiger partial charge in [0.25, 0.3) is 0 Å². The van der Waals surface area contributed by atoms with E-state index in [1.807, 2.05) is 4.90 Å². The quantitative estimate of drug-likeness (QED) is 0.781. The minimum atomic E-state index is -0.191. The van der Waals surface area contributed by atoms with Crippen LogP contribution in [0, 0.1) is 11.8 Å². The Morgan fingerprint density at radius 3 is 2.19 bits per heavy atom. The zero-order valence-corrected chi connectivity index (χ0v) is 13.5. The zero-order chi connectivity index (χ0) is 14.1. The number of fused-ring (bicyclic) bond motifs is 1. The van der Waals surface area contributed by atoms with Crippen LogP contribution in [0.15, 0.2) is 0 Å². The van der Waals surface area contributed by atoms with Gasteiger partial charge in [0.15, 0.2) is 0 Å². The first-order valence-electron chi connectivity index (χ1n) is 7.93. The fourth-order valence-corrected chi connectivity index (χ4v) is 4.05. The third-order valence-electron chi connectivity index (χ3n) is 5.27. The van der Waals surface area contributed by atoms with Crippen LogP contribution in [0.1, 0.15) is 32.6 Å². The van der Waals surface area contributed by atoms with Gasteiger partial charge in [0.05, 0.1) is 0 Å². The number of carbonyl (C=O) groups excluding carboxylic acids is 2. The maximum atomic E-state index is 12.7. The molecule has 6 heteroatoms. The second-order valence-electron chi connectivity index (χ2n) is 6.45. The van der Waals surface area contributed by atoms with Crippen molar-refractivity contribution in [2.24, 2.45) is 11.8 Å². The highest BCUT2D eigenvalue weighted by atomic mass is 35.5. The molecule has 3 atom stereocenters. The number of hydrogen-bond acceptors (Lipinski definition) is 3. The van der Waals surface area contributed by atoms with E-state index in [1.165, 1.54) is 0 Å². The van der Waals surface area contributed by atoms with Crippen molar-refractivity contribution in [2.45, 2.75) is 38.6 Å². The van der Waals surface area contributed by atoms with Crippen LogP contribution in [0.5, 0.6) is 0 Å². The SMILES string of the molecule is CC(=O)N1CCCC1C(=O)N1CC[C@@H]2CNC[C@@H]2CC1.Cl. The highest BCUT2D eigenvalue weighted by Crippen LogP contribution is 2.28. The van der Waals surface area contributed by atoms with E-state index in [1.54, 1.807) is 11.8 Å². The summed E-state index contributed by atoms with van der Waals surface area (Å²) in [4.78, 5) is 28.1. The van der Waals surface area contributed by atoms with E-state index >= 15 is 0 Å². The Bertz CT molecular complexity index is 390. The van der Waals surface area contributed by atoms with Crippen molar-refractivity contribution >= 4 is 24.2 Å². The highest BCUT2D eigenvalue weighted by molar-refractivity contribution is 5.87. The van der Waals surface area contributed by atoms with E-state index in [9.17, 15) is 9.59 Å². The summed E-state index contributed by atoms with van der Waals surface area (Å²) in [6.45, 7) is 6.26. The number of nitrogens with one attached hydrogen (secondary N) is 1. The molecule has 1 N–H and O–H groups in total. The highest BCUT2D eigenvalue weighted by Gasteiger charge is 2.37. The van der Waals surface area contributed by atoms with Gasteiger partial charge in [-0.1, -0.05) is 0 Å². The summed E-state index contributed by atoms with van der Waals surface area (Å²) in [5.74, 6) is 1.70. The van der Waals surface area contributed by atoms with Crippen LogP contribution in [0.3, 0.4) is 0 Å². The molecule has 2 amide bonds. The molecular weight excluding hydrogens is 290 g/mol. The average molecular weight is 316 g/mol. The molecule has 21 heavy (non-hydrogen) atoms. The van der Waals surface area contributed by atoms with Crippen molar-refractivity contribution in [3.05, 3.63) is 0 Å². The van der Waals surface area contributed by atoms with Crippen LogP contribution in [-0.2, 0) is 9.59 Å². The molecule has 0 aromatic carbocycles. The molecular formula is C15H26ClN3O2. The predicted octanol–water partition coefficient (Wildman–Crippen LogP) is 0.877. The number of rotatable bonds is 1. The molecule has 0 saturated carbocycles. The molecule has 0 spiro atoms. The normalized spacial score (nSPS) is 32.3. The second-order valence-corrected chi connectivity index (χ2v) is 6.45. The van der Waals surface area contributed by atoms with Gasteiger partial charge in [0.2, 0.25) is 11.8 Å². The van der Waals surface area contributed by atoms with E-state index in [-0.39, 0.29) is 30.3 Å². The summed E-state index contributed by atoms with van der Waals surface area (Å²) in [5, 5.41) is 3.46. The molecule has 3 heterocycles. The number of hydrogen-bond donors (Lipinski definition) is 1. The van der Waals surface area contributed by atoms with Gasteiger partial charge in [0, 0.05) is 26.6 Å². The molecule has 3 aliphatic rings.